The van der Waals surface area contributed by atoms with Crippen LogP contribution in [-0.4, -0.2) is 59.8 Å². The number of aromatic nitrogens is 1. The summed E-state index contributed by atoms with van der Waals surface area (Å²) in [6, 6.07) is 5.37. The smallest absolute Gasteiger partial charge is 0.409 e. The van der Waals surface area contributed by atoms with E-state index in [9.17, 15) is 19.6 Å². The van der Waals surface area contributed by atoms with Crippen molar-refractivity contribution < 1.29 is 28.3 Å². The molecule has 0 radical (unpaired) electrons. The van der Waals surface area contributed by atoms with Crippen LogP contribution in [0.25, 0.3) is 5.88 Å². The van der Waals surface area contributed by atoms with Crippen molar-refractivity contribution in [3.63, 3.8) is 0 Å². The summed E-state index contributed by atoms with van der Waals surface area (Å²) in [5, 5.41) is 12.3. The lowest BCUT2D eigenvalue weighted by atomic mass is 10.1. The number of carbonyl (C=O) groups is 3. The second kappa shape index (κ2) is 9.84. The molecule has 2 aromatic heterocycles. The van der Waals surface area contributed by atoms with Crippen molar-refractivity contribution in [1.29, 1.82) is 5.26 Å². The number of hydrogen-bond donors (Lipinski definition) is 1. The zero-order valence-corrected chi connectivity index (χ0v) is 17.4. The first-order valence-electron chi connectivity index (χ1n) is 9.99. The van der Waals surface area contributed by atoms with E-state index >= 15 is 0 Å². The number of piperidine rings is 1. The highest BCUT2D eigenvalue weighted by molar-refractivity contribution is 5.95. The number of rotatable bonds is 6. The van der Waals surface area contributed by atoms with Crippen LogP contribution in [-0.2, 0) is 14.3 Å². The van der Waals surface area contributed by atoms with Crippen molar-refractivity contribution in [2.45, 2.75) is 32.7 Å². The van der Waals surface area contributed by atoms with Crippen molar-refractivity contribution in [2.24, 2.45) is 0 Å². The highest BCUT2D eigenvalue weighted by Crippen LogP contribution is 2.26. The van der Waals surface area contributed by atoms with Crippen molar-refractivity contribution in [2.75, 3.05) is 26.3 Å². The highest BCUT2D eigenvalue weighted by atomic mass is 16.6. The number of hydrogen-bond acceptors (Lipinski definition) is 7. The number of amides is 2. The molecule has 0 atom stereocenters. The molecule has 1 aliphatic heterocycles. The lowest BCUT2D eigenvalue weighted by Gasteiger charge is -2.31. The number of likely N-dealkylation sites (tertiary alicyclic amines) is 1. The maximum atomic E-state index is 12.5. The van der Waals surface area contributed by atoms with Gasteiger partial charge in [-0.2, -0.15) is 5.26 Å². The fraction of sp³-hybridized carbons (Fsp3) is 0.429. The van der Waals surface area contributed by atoms with E-state index in [1.165, 1.54) is 0 Å². The number of ether oxygens (including phenoxy) is 2. The van der Waals surface area contributed by atoms with Crippen LogP contribution in [0.15, 0.2) is 28.9 Å². The predicted octanol–water partition coefficient (Wildman–Crippen LogP) is 2.14. The molecule has 1 N–H and O–H groups in total. The van der Waals surface area contributed by atoms with Crippen molar-refractivity contribution >= 4 is 18.0 Å². The van der Waals surface area contributed by atoms with E-state index in [4.69, 9.17) is 13.9 Å². The first-order valence-corrected chi connectivity index (χ1v) is 9.99. The molecule has 0 aliphatic carbocycles. The molecule has 1 fully saturated rings. The second-order valence-corrected chi connectivity index (χ2v) is 7.02. The number of nitrogens with one attached hydrogen (secondary N) is 1. The summed E-state index contributed by atoms with van der Waals surface area (Å²) in [6.45, 7) is 4.10. The van der Waals surface area contributed by atoms with Gasteiger partial charge in [-0.3, -0.25) is 9.36 Å². The third kappa shape index (κ3) is 5.06. The lowest BCUT2D eigenvalue weighted by molar-refractivity contribution is -0.125. The van der Waals surface area contributed by atoms with Gasteiger partial charge in [0.25, 0.3) is 5.91 Å². The van der Waals surface area contributed by atoms with Gasteiger partial charge in [0.1, 0.15) is 23.0 Å². The highest BCUT2D eigenvalue weighted by Gasteiger charge is 2.27. The van der Waals surface area contributed by atoms with Gasteiger partial charge in [-0.25, -0.2) is 9.59 Å². The van der Waals surface area contributed by atoms with E-state index in [1.807, 2.05) is 6.07 Å². The monoisotopic (exact) mass is 428 g/mol. The standard InChI is InChI=1S/C21H24N4O6/c1-3-29-21(28)25-10-6-15(7-11-25)23-17(26)13-30-20(27)18-14(2)31-19(16(18)12-22)24-8-4-5-9-24/h4-5,8-9,15H,3,6-7,10-11,13H2,1-2H3,(H,23,26). The number of carbonyl (C=O) groups excluding carboxylic acids is 3. The van der Waals surface area contributed by atoms with Gasteiger partial charge in [0.2, 0.25) is 5.88 Å². The summed E-state index contributed by atoms with van der Waals surface area (Å²) in [4.78, 5) is 38.1. The molecule has 2 aromatic rings. The summed E-state index contributed by atoms with van der Waals surface area (Å²) in [7, 11) is 0. The minimum Gasteiger partial charge on any atom is -0.452 e. The predicted molar refractivity (Wildman–Crippen MR) is 108 cm³/mol. The molecule has 164 valence electrons. The lowest BCUT2D eigenvalue weighted by Crippen LogP contribution is -2.47. The molecule has 3 rings (SSSR count). The van der Waals surface area contributed by atoms with Crippen LogP contribution in [0, 0.1) is 18.3 Å². The van der Waals surface area contributed by atoms with E-state index in [2.05, 4.69) is 5.32 Å². The fourth-order valence-electron chi connectivity index (χ4n) is 3.43. The molecule has 0 saturated carbocycles. The van der Waals surface area contributed by atoms with E-state index in [1.54, 1.807) is 47.8 Å². The van der Waals surface area contributed by atoms with Gasteiger partial charge in [0, 0.05) is 31.5 Å². The topological polar surface area (TPSA) is 127 Å². The Kier molecular flexibility index (Phi) is 6.97. The maximum Gasteiger partial charge on any atom is 0.409 e. The number of aryl methyl sites for hydroxylation is 1. The Morgan fingerprint density at radius 1 is 1.23 bits per heavy atom. The van der Waals surface area contributed by atoms with Crippen molar-refractivity contribution in [1.82, 2.24) is 14.8 Å². The molecule has 0 bridgehead atoms. The molecular weight excluding hydrogens is 404 g/mol. The summed E-state index contributed by atoms with van der Waals surface area (Å²) in [6.07, 6.45) is 4.18. The Bertz CT molecular complexity index is 980. The van der Waals surface area contributed by atoms with Gasteiger partial charge in [-0.1, -0.05) is 0 Å². The largest absolute Gasteiger partial charge is 0.452 e. The zero-order valence-electron chi connectivity index (χ0n) is 17.4. The molecule has 10 heteroatoms. The molecule has 0 spiro atoms. The van der Waals surface area contributed by atoms with E-state index in [-0.39, 0.29) is 34.9 Å². The quantitative estimate of drug-likeness (QED) is 0.698. The molecule has 2 amide bonds. The molecule has 10 nitrogen and oxygen atoms in total. The SMILES string of the molecule is CCOC(=O)N1CCC(NC(=O)COC(=O)c2c(C)oc(-n3cccc3)c2C#N)CC1. The molecule has 0 aromatic carbocycles. The Balaban J connectivity index is 1.53. The third-order valence-corrected chi connectivity index (χ3v) is 4.94. The van der Waals surface area contributed by atoms with Crippen LogP contribution in [0.5, 0.6) is 0 Å². The maximum absolute atomic E-state index is 12.5. The first-order chi connectivity index (χ1) is 14.9. The number of nitrogens with zero attached hydrogens (tertiary/aromatic N) is 3. The van der Waals surface area contributed by atoms with Gasteiger partial charge in [-0.15, -0.1) is 0 Å². The van der Waals surface area contributed by atoms with Gasteiger partial charge in [-0.05, 0) is 38.8 Å². The summed E-state index contributed by atoms with van der Waals surface area (Å²) >= 11 is 0. The molecular formula is C21H24N4O6. The molecule has 3 heterocycles. The molecule has 1 saturated heterocycles. The van der Waals surface area contributed by atoms with Gasteiger partial charge in [0.05, 0.1) is 6.61 Å². The minimum atomic E-state index is -0.802. The van der Waals surface area contributed by atoms with E-state index < -0.39 is 18.5 Å². The molecule has 0 unspecified atom stereocenters. The average molecular weight is 428 g/mol. The van der Waals surface area contributed by atoms with Crippen molar-refractivity contribution in [3.8, 4) is 12.0 Å². The van der Waals surface area contributed by atoms with Crippen molar-refractivity contribution in [3.05, 3.63) is 41.4 Å². The van der Waals surface area contributed by atoms with E-state index in [0.717, 1.165) is 0 Å². The third-order valence-electron chi connectivity index (χ3n) is 4.94. The number of nitriles is 1. The summed E-state index contributed by atoms with van der Waals surface area (Å²) in [5.74, 6) is -0.802. The van der Waals surface area contributed by atoms with Crippen LogP contribution < -0.4 is 5.32 Å². The Morgan fingerprint density at radius 3 is 2.52 bits per heavy atom. The normalized spacial score (nSPS) is 14.0. The fourth-order valence-corrected chi connectivity index (χ4v) is 3.43. The Morgan fingerprint density at radius 2 is 1.90 bits per heavy atom. The van der Waals surface area contributed by atoms with Gasteiger partial charge in [0.15, 0.2) is 6.61 Å². The minimum absolute atomic E-state index is 0.00162. The summed E-state index contributed by atoms with van der Waals surface area (Å²) in [5.41, 5.74) is 0.0483. The van der Waals surface area contributed by atoms with Crippen LogP contribution >= 0.6 is 0 Å². The Labute approximate surface area is 179 Å². The molecule has 31 heavy (non-hydrogen) atoms. The van der Waals surface area contributed by atoms with Crippen LogP contribution in [0.1, 0.15) is 41.4 Å². The van der Waals surface area contributed by atoms with Crippen LogP contribution in [0.2, 0.25) is 0 Å². The molecule has 1 aliphatic rings. The average Bonchev–Trinajstić information content (AvgIpc) is 3.40. The number of furan rings is 1. The first kappa shape index (κ1) is 22.0. The van der Waals surface area contributed by atoms with Crippen LogP contribution in [0.4, 0.5) is 4.79 Å². The number of esters is 1. The second-order valence-electron chi connectivity index (χ2n) is 7.02. The summed E-state index contributed by atoms with van der Waals surface area (Å²) < 4.78 is 17.2. The van der Waals surface area contributed by atoms with Gasteiger partial charge < -0.3 is 24.1 Å². The Hall–Kier alpha value is -3.74. The van der Waals surface area contributed by atoms with Crippen LogP contribution in [0.3, 0.4) is 0 Å². The van der Waals surface area contributed by atoms with Gasteiger partial charge >= 0.3 is 12.1 Å². The zero-order chi connectivity index (χ0) is 22.4. The van der Waals surface area contributed by atoms with E-state index in [0.29, 0.717) is 32.5 Å².